The van der Waals surface area contributed by atoms with Crippen LogP contribution in [0.15, 0.2) is 6.33 Å². The normalized spacial score (nSPS) is 9.29. The molecule has 0 atom stereocenters. The fourth-order valence-electron chi connectivity index (χ4n) is 0.326. The van der Waals surface area contributed by atoms with Gasteiger partial charge < -0.3 is 4.98 Å². The lowest BCUT2D eigenvalue weighted by Crippen LogP contribution is -1.70. The Hall–Kier alpha value is -0.310. The van der Waals surface area contributed by atoms with E-state index in [0.29, 0.717) is 0 Å². The Morgan fingerprint density at radius 1 is 2.00 bits per heavy atom. The highest BCUT2D eigenvalue weighted by Crippen LogP contribution is 1.95. The number of rotatable bonds is 1. The maximum atomic E-state index is 3.88. The van der Waals surface area contributed by atoms with E-state index in [2.05, 4.69) is 32.1 Å². The van der Waals surface area contributed by atoms with E-state index >= 15 is 0 Å². The Morgan fingerprint density at radius 2 is 2.86 bits per heavy atom. The van der Waals surface area contributed by atoms with E-state index in [0.717, 1.165) is 11.0 Å². The molecule has 0 fully saturated rings. The molecule has 3 heteroatoms. The van der Waals surface area contributed by atoms with Gasteiger partial charge in [0.1, 0.15) is 0 Å². The minimum atomic E-state index is 0.774. The second kappa shape index (κ2) is 2.12. The molecule has 0 unspecified atom stereocenters. The molecule has 0 aliphatic heterocycles. The Balaban J connectivity index is 2.76. The number of aromatic amines is 1. The predicted octanol–water partition coefficient (Wildman–Crippen LogP) is 1.10. The number of halogens is 1. The van der Waals surface area contributed by atoms with E-state index in [4.69, 9.17) is 0 Å². The van der Waals surface area contributed by atoms with Crippen LogP contribution >= 0.6 is 15.9 Å². The first-order valence-electron chi connectivity index (χ1n) is 1.89. The van der Waals surface area contributed by atoms with Crippen LogP contribution in [0.3, 0.4) is 0 Å². The summed E-state index contributed by atoms with van der Waals surface area (Å²) in [7, 11) is 0. The molecular formula is C4H4BrN2. The lowest BCUT2D eigenvalue weighted by atomic mass is 10.6. The second-order valence-electron chi connectivity index (χ2n) is 1.11. The van der Waals surface area contributed by atoms with Crippen molar-refractivity contribution in [2.24, 2.45) is 0 Å². The minimum absolute atomic E-state index is 0.774. The summed E-state index contributed by atoms with van der Waals surface area (Å²) in [6.07, 6.45) is 4.41. The third-order valence-electron chi connectivity index (χ3n) is 0.628. The fraction of sp³-hybridized carbons (Fsp3) is 0.250. The fourth-order valence-corrected chi connectivity index (χ4v) is 0.611. The van der Waals surface area contributed by atoms with Gasteiger partial charge in [0.25, 0.3) is 0 Å². The largest absolute Gasteiger partial charge is 0.343 e. The molecule has 37 valence electrons. The molecule has 1 aromatic heterocycles. The topological polar surface area (TPSA) is 28.7 Å². The zero-order chi connectivity index (χ0) is 5.11. The van der Waals surface area contributed by atoms with Crippen LogP contribution < -0.4 is 0 Å². The first kappa shape index (κ1) is 4.84. The molecule has 1 heterocycles. The van der Waals surface area contributed by atoms with Crippen LogP contribution in [0.25, 0.3) is 0 Å². The minimum Gasteiger partial charge on any atom is -0.343 e. The highest BCUT2D eigenvalue weighted by Gasteiger charge is 1.86. The number of hydrogen-bond acceptors (Lipinski definition) is 1. The molecule has 1 aromatic rings. The summed E-state index contributed by atoms with van der Waals surface area (Å²) < 4.78 is 0. The van der Waals surface area contributed by atoms with Gasteiger partial charge in [-0.15, -0.1) is 0 Å². The number of hydrogen-bond donors (Lipinski definition) is 1. The number of H-pyrrole nitrogens is 1. The number of imidazole rings is 1. The van der Waals surface area contributed by atoms with Gasteiger partial charge in [-0.3, -0.25) is 0 Å². The van der Waals surface area contributed by atoms with Crippen LogP contribution in [0.4, 0.5) is 0 Å². The summed E-state index contributed by atoms with van der Waals surface area (Å²) in [5.41, 5.74) is 0.917. The molecule has 0 saturated carbocycles. The predicted molar refractivity (Wildman–Crippen MR) is 30.1 cm³/mol. The van der Waals surface area contributed by atoms with Gasteiger partial charge in [-0.25, -0.2) is 4.98 Å². The Labute approximate surface area is 50.1 Å². The van der Waals surface area contributed by atoms with Gasteiger partial charge in [-0.1, -0.05) is 15.9 Å². The van der Waals surface area contributed by atoms with E-state index in [-0.39, 0.29) is 0 Å². The van der Waals surface area contributed by atoms with Crippen molar-refractivity contribution >= 4 is 15.9 Å². The molecular weight excluding hydrogens is 156 g/mol. The molecule has 0 amide bonds. The van der Waals surface area contributed by atoms with E-state index in [1.54, 1.807) is 6.33 Å². The number of aromatic nitrogens is 2. The molecule has 7 heavy (non-hydrogen) atoms. The van der Waals surface area contributed by atoms with Gasteiger partial charge >= 0.3 is 0 Å². The van der Waals surface area contributed by atoms with Crippen molar-refractivity contribution in [1.29, 1.82) is 0 Å². The van der Waals surface area contributed by atoms with Crippen molar-refractivity contribution in [2.45, 2.75) is 5.33 Å². The summed E-state index contributed by atoms with van der Waals surface area (Å²) in [4.78, 5) is 6.59. The SMILES string of the molecule is BrCc1[c][nH]cn1. The first-order chi connectivity index (χ1) is 3.43. The molecule has 0 aromatic carbocycles. The molecule has 0 saturated heterocycles. The van der Waals surface area contributed by atoms with E-state index in [9.17, 15) is 0 Å². The van der Waals surface area contributed by atoms with Crippen LogP contribution in [-0.4, -0.2) is 9.97 Å². The third kappa shape index (κ3) is 1.03. The summed E-state index contributed by atoms with van der Waals surface area (Å²) in [6.45, 7) is 0. The van der Waals surface area contributed by atoms with Crippen LogP contribution in [0.1, 0.15) is 5.69 Å². The van der Waals surface area contributed by atoms with E-state index in [1.807, 2.05) is 0 Å². The number of alkyl halides is 1. The van der Waals surface area contributed by atoms with Crippen molar-refractivity contribution in [3.63, 3.8) is 0 Å². The van der Waals surface area contributed by atoms with Gasteiger partial charge in [-0.2, -0.15) is 0 Å². The summed E-state index contributed by atoms with van der Waals surface area (Å²) in [6, 6.07) is 0. The highest BCUT2D eigenvalue weighted by atomic mass is 79.9. The van der Waals surface area contributed by atoms with Gasteiger partial charge in [0.05, 0.1) is 18.2 Å². The monoisotopic (exact) mass is 159 g/mol. The Kier molecular flexibility index (Phi) is 1.46. The first-order valence-corrected chi connectivity index (χ1v) is 3.01. The highest BCUT2D eigenvalue weighted by molar-refractivity contribution is 9.08. The molecule has 0 bridgehead atoms. The molecule has 0 spiro atoms. The molecule has 1 rings (SSSR count). The molecule has 0 aliphatic rings. The standard InChI is InChI=1S/C4H4BrN2/c5-1-4-2-6-3-7-4/h3H,1H2,(H,6,7). The maximum absolute atomic E-state index is 3.88. The zero-order valence-electron chi connectivity index (χ0n) is 3.61. The lowest BCUT2D eigenvalue weighted by molar-refractivity contribution is 1.24. The van der Waals surface area contributed by atoms with Crippen LogP contribution in [0, 0.1) is 6.20 Å². The summed E-state index contributed by atoms with van der Waals surface area (Å²) in [5.74, 6) is 0. The van der Waals surface area contributed by atoms with Crippen molar-refractivity contribution < 1.29 is 0 Å². The van der Waals surface area contributed by atoms with Gasteiger partial charge in [-0.05, 0) is 0 Å². The van der Waals surface area contributed by atoms with E-state index < -0.39 is 0 Å². The quantitative estimate of drug-likeness (QED) is 0.612. The van der Waals surface area contributed by atoms with Gasteiger partial charge in [0, 0.05) is 5.33 Å². The van der Waals surface area contributed by atoms with Crippen molar-refractivity contribution in [2.75, 3.05) is 0 Å². The van der Waals surface area contributed by atoms with Crippen molar-refractivity contribution in [3.8, 4) is 0 Å². The van der Waals surface area contributed by atoms with E-state index in [1.165, 1.54) is 0 Å². The van der Waals surface area contributed by atoms with Gasteiger partial charge in [0.15, 0.2) is 0 Å². The van der Waals surface area contributed by atoms with Gasteiger partial charge in [0.2, 0.25) is 0 Å². The number of nitrogens with one attached hydrogen (secondary N) is 1. The molecule has 1 radical (unpaired) electrons. The lowest BCUT2D eigenvalue weighted by Gasteiger charge is -1.74. The van der Waals surface area contributed by atoms with Crippen LogP contribution in [0.5, 0.6) is 0 Å². The smallest absolute Gasteiger partial charge is 0.0928 e. The maximum Gasteiger partial charge on any atom is 0.0928 e. The Bertz CT molecular complexity index is 124. The zero-order valence-corrected chi connectivity index (χ0v) is 5.20. The number of nitrogens with zero attached hydrogens (tertiary/aromatic N) is 1. The summed E-state index contributed by atoms with van der Waals surface area (Å²) >= 11 is 3.22. The van der Waals surface area contributed by atoms with Crippen molar-refractivity contribution in [1.82, 2.24) is 9.97 Å². The van der Waals surface area contributed by atoms with Crippen molar-refractivity contribution in [3.05, 3.63) is 18.2 Å². The third-order valence-corrected chi connectivity index (χ3v) is 1.16. The van der Waals surface area contributed by atoms with Crippen LogP contribution in [-0.2, 0) is 5.33 Å². The molecule has 2 nitrogen and oxygen atoms in total. The average Bonchev–Trinajstić information content (AvgIpc) is 2.14. The Morgan fingerprint density at radius 3 is 3.14 bits per heavy atom. The molecule has 0 aliphatic carbocycles. The average molecular weight is 160 g/mol. The summed E-state index contributed by atoms with van der Waals surface area (Å²) in [5, 5.41) is 0.774. The van der Waals surface area contributed by atoms with Crippen LogP contribution in [0.2, 0.25) is 0 Å². The second-order valence-corrected chi connectivity index (χ2v) is 1.67. The molecule has 1 N–H and O–H groups in total.